The van der Waals surface area contributed by atoms with Crippen molar-refractivity contribution in [2.24, 2.45) is 0 Å². The van der Waals surface area contributed by atoms with E-state index < -0.39 is 27.7 Å². The molecule has 0 saturated heterocycles. The van der Waals surface area contributed by atoms with Crippen LogP contribution < -0.4 is 0 Å². The van der Waals surface area contributed by atoms with Crippen molar-refractivity contribution in [3.8, 4) is 0 Å². The van der Waals surface area contributed by atoms with Crippen LogP contribution in [0.4, 0.5) is 13.2 Å². The Bertz CT molecular complexity index is 219. The first kappa shape index (κ1) is 17.8. The molecule has 0 atom stereocenters. The largest absolute Gasteiger partial charge is 0.500 e. The summed E-state index contributed by atoms with van der Waals surface area (Å²) in [5.41, 5.74) is 0. The van der Waals surface area contributed by atoms with Crippen LogP contribution >= 0.6 is 0 Å². The van der Waals surface area contributed by atoms with E-state index in [2.05, 4.69) is 0 Å². The van der Waals surface area contributed by atoms with Crippen molar-refractivity contribution in [3.05, 3.63) is 0 Å². The molecule has 0 aromatic carbocycles. The molecule has 0 aliphatic heterocycles. The first-order valence-corrected chi connectivity index (χ1v) is 7.12. The molecule has 0 bridgehead atoms. The lowest BCUT2D eigenvalue weighted by Crippen LogP contribution is -2.46. The highest BCUT2D eigenvalue weighted by molar-refractivity contribution is 6.60. The average Bonchev–Trinajstić information content (AvgIpc) is 2.33. The molecule has 0 aromatic rings. The zero-order valence-corrected chi connectivity index (χ0v) is 11.9. The van der Waals surface area contributed by atoms with Crippen molar-refractivity contribution in [2.45, 2.75) is 24.9 Å². The molecule has 0 aliphatic carbocycles. The maximum Gasteiger partial charge on any atom is 0.500 e. The van der Waals surface area contributed by atoms with Crippen LogP contribution in [0.1, 0.15) is 6.42 Å². The van der Waals surface area contributed by atoms with E-state index in [0.717, 1.165) is 0 Å². The fraction of sp³-hybridized carbons (Fsp3) is 1.00. The highest BCUT2D eigenvalue weighted by Crippen LogP contribution is 2.27. The maximum atomic E-state index is 12.2. The van der Waals surface area contributed by atoms with Crippen LogP contribution in [0, 0.1) is 0 Å². The van der Waals surface area contributed by atoms with E-state index in [9.17, 15) is 13.2 Å². The fourth-order valence-corrected chi connectivity index (χ4v) is 3.13. The topological polar surface area (TPSA) is 46.2 Å². The number of methoxy groups -OCH3 is 2. The molecule has 0 unspecified atom stereocenters. The standard InChI is InChI=1S/C9H19F3O5Si/c1-13-8(14-2)7-17-18(15-3,16-4)6-5-9(10,11)12/h8H,5-7H2,1-4H3. The SMILES string of the molecule is COC(CO[Si](CCC(F)(F)F)(OC)OC)OC. The quantitative estimate of drug-likeness (QED) is 0.479. The Labute approximate surface area is 105 Å². The normalized spacial score (nSPS) is 13.3. The minimum atomic E-state index is -4.28. The second kappa shape index (κ2) is 8.07. The molecule has 0 rings (SSSR count). The summed E-state index contributed by atoms with van der Waals surface area (Å²) in [5, 5.41) is 0. The first-order chi connectivity index (χ1) is 8.32. The molecule has 110 valence electrons. The van der Waals surface area contributed by atoms with Gasteiger partial charge in [-0.25, -0.2) is 0 Å². The molecule has 0 fully saturated rings. The molecule has 0 aromatic heterocycles. The Morgan fingerprint density at radius 2 is 1.50 bits per heavy atom. The van der Waals surface area contributed by atoms with Gasteiger partial charge in [-0.05, 0) is 0 Å². The van der Waals surface area contributed by atoms with Gasteiger partial charge in [0.05, 0.1) is 6.61 Å². The number of hydrogen-bond donors (Lipinski definition) is 0. The zero-order valence-electron chi connectivity index (χ0n) is 10.9. The van der Waals surface area contributed by atoms with Gasteiger partial charge in [-0.1, -0.05) is 0 Å². The second-order valence-electron chi connectivity index (χ2n) is 3.42. The molecular formula is C9H19F3O5Si. The van der Waals surface area contributed by atoms with E-state index in [4.69, 9.17) is 22.8 Å². The lowest BCUT2D eigenvalue weighted by atomic mass is 10.5. The molecule has 0 N–H and O–H groups in total. The van der Waals surface area contributed by atoms with Gasteiger partial charge in [0.25, 0.3) is 0 Å². The monoisotopic (exact) mass is 292 g/mol. The van der Waals surface area contributed by atoms with E-state index in [1.54, 1.807) is 0 Å². The van der Waals surface area contributed by atoms with Crippen LogP contribution in [0.3, 0.4) is 0 Å². The van der Waals surface area contributed by atoms with Crippen LogP contribution in [0.5, 0.6) is 0 Å². The molecule has 18 heavy (non-hydrogen) atoms. The van der Waals surface area contributed by atoms with Gasteiger partial charge in [0, 0.05) is 40.9 Å². The van der Waals surface area contributed by atoms with Gasteiger partial charge in [0.1, 0.15) is 0 Å². The van der Waals surface area contributed by atoms with Gasteiger partial charge in [0.2, 0.25) is 0 Å². The number of ether oxygens (including phenoxy) is 2. The van der Waals surface area contributed by atoms with E-state index in [1.807, 2.05) is 0 Å². The predicted octanol–water partition coefficient (Wildman–Crippen LogP) is 1.81. The zero-order chi connectivity index (χ0) is 14.2. The van der Waals surface area contributed by atoms with Crippen molar-refractivity contribution in [1.82, 2.24) is 0 Å². The van der Waals surface area contributed by atoms with Crippen molar-refractivity contribution in [3.63, 3.8) is 0 Å². The van der Waals surface area contributed by atoms with Crippen molar-refractivity contribution in [1.29, 1.82) is 0 Å². The lowest BCUT2D eigenvalue weighted by Gasteiger charge is -2.28. The molecular weight excluding hydrogens is 273 g/mol. The molecule has 0 amide bonds. The Morgan fingerprint density at radius 3 is 1.83 bits per heavy atom. The molecule has 0 spiro atoms. The molecule has 9 heteroatoms. The van der Waals surface area contributed by atoms with Gasteiger partial charge >= 0.3 is 15.0 Å². The van der Waals surface area contributed by atoms with Gasteiger partial charge in [-0.15, -0.1) is 0 Å². The number of hydrogen-bond acceptors (Lipinski definition) is 5. The highest BCUT2D eigenvalue weighted by Gasteiger charge is 2.43. The third-order valence-corrected chi connectivity index (χ3v) is 5.01. The average molecular weight is 292 g/mol. The van der Waals surface area contributed by atoms with Gasteiger partial charge in [-0.2, -0.15) is 13.2 Å². The first-order valence-electron chi connectivity index (χ1n) is 5.19. The van der Waals surface area contributed by atoms with Gasteiger partial charge in [0.15, 0.2) is 6.29 Å². The van der Waals surface area contributed by atoms with Gasteiger partial charge < -0.3 is 22.8 Å². The van der Waals surface area contributed by atoms with E-state index in [0.29, 0.717) is 0 Å². The van der Waals surface area contributed by atoms with Crippen LogP contribution in [0.25, 0.3) is 0 Å². The van der Waals surface area contributed by atoms with Crippen LogP contribution in [-0.4, -0.2) is 56.3 Å². The van der Waals surface area contributed by atoms with E-state index >= 15 is 0 Å². The fourth-order valence-electron chi connectivity index (χ4n) is 1.20. The summed E-state index contributed by atoms with van der Waals surface area (Å²) in [5.74, 6) is 0. The number of halogens is 3. The smallest absolute Gasteiger partial charge is 0.377 e. The Balaban J connectivity index is 4.42. The maximum absolute atomic E-state index is 12.2. The number of rotatable bonds is 9. The lowest BCUT2D eigenvalue weighted by molar-refractivity contribution is -0.139. The van der Waals surface area contributed by atoms with Crippen LogP contribution in [0.2, 0.25) is 6.04 Å². The molecule has 0 heterocycles. The Hall–Kier alpha value is -0.193. The highest BCUT2D eigenvalue weighted by atomic mass is 28.4. The van der Waals surface area contributed by atoms with Crippen molar-refractivity contribution < 1.29 is 35.9 Å². The number of alkyl halides is 3. The third kappa shape index (κ3) is 6.66. The molecule has 5 nitrogen and oxygen atoms in total. The van der Waals surface area contributed by atoms with E-state index in [1.165, 1.54) is 28.4 Å². The third-order valence-electron chi connectivity index (χ3n) is 2.30. The summed E-state index contributed by atoms with van der Waals surface area (Å²) < 4.78 is 61.7. The van der Waals surface area contributed by atoms with Crippen molar-refractivity contribution >= 4 is 8.80 Å². The summed E-state index contributed by atoms with van der Waals surface area (Å²) in [6, 6.07) is -0.344. The molecule has 0 radical (unpaired) electrons. The summed E-state index contributed by atoms with van der Waals surface area (Å²) in [4.78, 5) is 0. The minimum Gasteiger partial charge on any atom is -0.377 e. The summed E-state index contributed by atoms with van der Waals surface area (Å²) in [6.07, 6.45) is -5.97. The molecule has 0 saturated carbocycles. The molecule has 0 aliphatic rings. The van der Waals surface area contributed by atoms with E-state index in [-0.39, 0.29) is 12.7 Å². The Kier molecular flexibility index (Phi) is 7.99. The summed E-state index contributed by atoms with van der Waals surface area (Å²) >= 11 is 0. The minimum absolute atomic E-state index is 0.0568. The summed E-state index contributed by atoms with van der Waals surface area (Å²) in [7, 11) is 2.00. The summed E-state index contributed by atoms with van der Waals surface area (Å²) in [6.45, 7) is -0.0568. The predicted molar refractivity (Wildman–Crippen MR) is 59.0 cm³/mol. The van der Waals surface area contributed by atoms with Crippen LogP contribution in [-0.2, 0) is 22.8 Å². The van der Waals surface area contributed by atoms with Crippen molar-refractivity contribution in [2.75, 3.05) is 35.0 Å². The second-order valence-corrected chi connectivity index (χ2v) is 6.39. The Morgan fingerprint density at radius 1 is 1.00 bits per heavy atom. The van der Waals surface area contributed by atoms with Gasteiger partial charge in [-0.3, -0.25) is 0 Å². The van der Waals surface area contributed by atoms with Crippen LogP contribution in [0.15, 0.2) is 0 Å².